The van der Waals surface area contributed by atoms with Gasteiger partial charge in [0.25, 0.3) is 0 Å². The van der Waals surface area contributed by atoms with Crippen LogP contribution in [0.1, 0.15) is 108 Å². The minimum absolute atomic E-state index is 0.734. The highest BCUT2D eigenvalue weighted by Crippen LogP contribution is 2.51. The van der Waals surface area contributed by atoms with Crippen LogP contribution in [-0.4, -0.2) is 6.61 Å². The second-order valence-corrected chi connectivity index (χ2v) is 11.0. The van der Waals surface area contributed by atoms with Crippen molar-refractivity contribution in [1.29, 1.82) is 0 Å². The molecule has 4 rings (SSSR count). The van der Waals surface area contributed by atoms with Gasteiger partial charge in [-0.3, -0.25) is 0 Å². The van der Waals surface area contributed by atoms with Crippen molar-refractivity contribution >= 4 is 0 Å². The van der Waals surface area contributed by atoms with Gasteiger partial charge in [0.1, 0.15) is 5.75 Å². The van der Waals surface area contributed by atoms with E-state index < -0.39 is 0 Å². The second kappa shape index (κ2) is 11.6. The minimum Gasteiger partial charge on any atom is -0.493 e. The molecule has 4 unspecified atom stereocenters. The van der Waals surface area contributed by atoms with E-state index in [1.54, 1.807) is 24.8 Å². The lowest BCUT2D eigenvalue weighted by molar-refractivity contribution is 0.0710. The molecule has 3 aliphatic carbocycles. The Morgan fingerprint density at radius 2 is 1.48 bits per heavy atom. The van der Waals surface area contributed by atoms with Crippen molar-refractivity contribution in [2.75, 3.05) is 6.61 Å². The Kier molecular flexibility index (Phi) is 8.56. The van der Waals surface area contributed by atoms with Crippen LogP contribution >= 0.6 is 0 Å². The third kappa shape index (κ3) is 6.17. The van der Waals surface area contributed by atoms with Crippen LogP contribution in [0.3, 0.4) is 0 Å². The van der Waals surface area contributed by atoms with Crippen molar-refractivity contribution in [3.8, 4) is 5.75 Å². The molecular formula is C30H46O. The number of ether oxygens (including phenoxy) is 1. The van der Waals surface area contributed by atoms with E-state index in [2.05, 4.69) is 37.8 Å². The number of unbranched alkanes of at least 4 members (excludes halogenated alkanes) is 1. The Morgan fingerprint density at radius 3 is 2.19 bits per heavy atom. The van der Waals surface area contributed by atoms with Gasteiger partial charge in [-0.25, -0.2) is 0 Å². The van der Waals surface area contributed by atoms with Crippen LogP contribution in [0.5, 0.6) is 5.75 Å². The normalized spacial score (nSPS) is 33.5. The lowest BCUT2D eigenvalue weighted by Gasteiger charge is -2.45. The molecule has 3 fully saturated rings. The van der Waals surface area contributed by atoms with Crippen LogP contribution in [0, 0.1) is 29.6 Å². The maximum atomic E-state index is 5.80. The van der Waals surface area contributed by atoms with Crippen LogP contribution < -0.4 is 4.74 Å². The molecule has 3 aliphatic rings. The van der Waals surface area contributed by atoms with E-state index in [-0.39, 0.29) is 0 Å². The Balaban J connectivity index is 1.23. The number of hydrogen-bond acceptors (Lipinski definition) is 1. The van der Waals surface area contributed by atoms with Crippen molar-refractivity contribution in [1.82, 2.24) is 0 Å². The van der Waals surface area contributed by atoms with Crippen molar-refractivity contribution in [2.45, 2.75) is 103 Å². The summed E-state index contributed by atoms with van der Waals surface area (Å²) in [5.41, 5.74) is 1.54. The van der Waals surface area contributed by atoms with Crippen molar-refractivity contribution in [2.24, 2.45) is 29.6 Å². The molecule has 0 spiro atoms. The quantitative estimate of drug-likeness (QED) is 0.285. The van der Waals surface area contributed by atoms with Gasteiger partial charge >= 0.3 is 0 Å². The van der Waals surface area contributed by atoms with Crippen LogP contribution in [0.2, 0.25) is 0 Å². The van der Waals surface area contributed by atoms with Gasteiger partial charge in [-0.05, 0) is 111 Å². The average Bonchev–Trinajstić information content (AvgIpc) is 2.83. The number of rotatable bonds is 9. The van der Waals surface area contributed by atoms with E-state index in [4.69, 9.17) is 4.74 Å². The van der Waals surface area contributed by atoms with Crippen LogP contribution in [0.15, 0.2) is 36.9 Å². The van der Waals surface area contributed by atoms with E-state index in [0.29, 0.717) is 0 Å². The van der Waals surface area contributed by atoms with Gasteiger partial charge in [-0.2, -0.15) is 0 Å². The summed E-state index contributed by atoms with van der Waals surface area (Å²) in [6.07, 6.45) is 22.2. The molecule has 1 aromatic carbocycles. The van der Waals surface area contributed by atoms with E-state index in [9.17, 15) is 0 Å². The summed E-state index contributed by atoms with van der Waals surface area (Å²) < 4.78 is 5.80. The standard InChI is InChI=1S/C30H46O/c1-3-5-7-23-8-10-24(11-9-23)26-12-14-29-22-27(13-15-28(29)21-26)25-16-18-30(19-17-25)31-20-6-4-2/h4,16-19,23-24,26-29H,2-3,5-15,20-22H2,1H3. The fourth-order valence-corrected chi connectivity index (χ4v) is 7.19. The summed E-state index contributed by atoms with van der Waals surface area (Å²) in [4.78, 5) is 0. The molecule has 31 heavy (non-hydrogen) atoms. The summed E-state index contributed by atoms with van der Waals surface area (Å²) >= 11 is 0. The molecule has 1 aromatic rings. The molecule has 0 N–H and O–H groups in total. The van der Waals surface area contributed by atoms with Gasteiger partial charge < -0.3 is 4.74 Å². The lowest BCUT2D eigenvalue weighted by Crippen LogP contribution is -2.34. The SMILES string of the molecule is C=CCCOc1ccc(C2CCC3CC(C4CCC(CCCC)CC4)CCC3C2)cc1. The first-order chi connectivity index (χ1) is 15.3. The average molecular weight is 423 g/mol. The lowest BCUT2D eigenvalue weighted by atomic mass is 9.60. The zero-order valence-corrected chi connectivity index (χ0v) is 20.1. The first-order valence-corrected chi connectivity index (χ1v) is 13.6. The molecule has 1 heteroatoms. The zero-order chi connectivity index (χ0) is 21.5. The molecule has 0 amide bonds. The Labute approximate surface area is 192 Å². The van der Waals surface area contributed by atoms with Gasteiger partial charge in [0.2, 0.25) is 0 Å². The molecule has 0 radical (unpaired) electrons. The Morgan fingerprint density at radius 1 is 0.839 bits per heavy atom. The monoisotopic (exact) mass is 422 g/mol. The number of hydrogen-bond donors (Lipinski definition) is 0. The molecule has 0 saturated heterocycles. The molecular weight excluding hydrogens is 376 g/mol. The maximum Gasteiger partial charge on any atom is 0.119 e. The van der Waals surface area contributed by atoms with Crippen molar-refractivity contribution in [3.05, 3.63) is 42.5 Å². The predicted molar refractivity (Wildman–Crippen MR) is 133 cm³/mol. The molecule has 0 bridgehead atoms. The molecule has 1 nitrogen and oxygen atoms in total. The van der Waals surface area contributed by atoms with Crippen molar-refractivity contribution in [3.63, 3.8) is 0 Å². The molecule has 0 aliphatic heterocycles. The third-order valence-electron chi connectivity index (χ3n) is 9.12. The van der Waals surface area contributed by atoms with Gasteiger partial charge in [-0.15, -0.1) is 6.58 Å². The Hall–Kier alpha value is -1.24. The van der Waals surface area contributed by atoms with Crippen LogP contribution in [0.4, 0.5) is 0 Å². The summed E-state index contributed by atoms with van der Waals surface area (Å²) in [6, 6.07) is 9.02. The molecule has 4 atom stereocenters. The molecule has 0 aromatic heterocycles. The summed E-state index contributed by atoms with van der Waals surface area (Å²) in [5, 5.41) is 0. The highest BCUT2D eigenvalue weighted by molar-refractivity contribution is 5.30. The zero-order valence-electron chi connectivity index (χ0n) is 20.1. The third-order valence-corrected chi connectivity index (χ3v) is 9.12. The van der Waals surface area contributed by atoms with Gasteiger partial charge in [0.15, 0.2) is 0 Å². The molecule has 0 heterocycles. The van der Waals surface area contributed by atoms with Gasteiger partial charge in [0, 0.05) is 0 Å². The first-order valence-electron chi connectivity index (χ1n) is 13.6. The largest absolute Gasteiger partial charge is 0.493 e. The fraction of sp³-hybridized carbons (Fsp3) is 0.733. The predicted octanol–water partition coefficient (Wildman–Crippen LogP) is 8.94. The summed E-state index contributed by atoms with van der Waals surface area (Å²) in [6.45, 7) is 6.84. The topological polar surface area (TPSA) is 9.23 Å². The van der Waals surface area contributed by atoms with Crippen molar-refractivity contribution < 1.29 is 4.74 Å². The van der Waals surface area contributed by atoms with E-state index in [0.717, 1.165) is 54.3 Å². The number of benzene rings is 1. The van der Waals surface area contributed by atoms with E-state index in [1.807, 2.05) is 6.08 Å². The smallest absolute Gasteiger partial charge is 0.119 e. The van der Waals surface area contributed by atoms with E-state index >= 15 is 0 Å². The van der Waals surface area contributed by atoms with Gasteiger partial charge in [-0.1, -0.05) is 57.2 Å². The number of fused-ring (bicyclic) bond motifs is 1. The van der Waals surface area contributed by atoms with Gasteiger partial charge in [0.05, 0.1) is 6.61 Å². The summed E-state index contributed by atoms with van der Waals surface area (Å²) in [7, 11) is 0. The molecule has 172 valence electrons. The van der Waals surface area contributed by atoms with Crippen LogP contribution in [0.25, 0.3) is 0 Å². The second-order valence-electron chi connectivity index (χ2n) is 11.0. The van der Waals surface area contributed by atoms with E-state index in [1.165, 1.54) is 64.2 Å². The first kappa shape index (κ1) is 22.9. The minimum atomic E-state index is 0.734. The highest BCUT2D eigenvalue weighted by Gasteiger charge is 2.39. The highest BCUT2D eigenvalue weighted by atomic mass is 16.5. The molecule has 3 saturated carbocycles. The van der Waals surface area contributed by atoms with Crippen LogP contribution in [-0.2, 0) is 0 Å². The fourth-order valence-electron chi connectivity index (χ4n) is 7.19. The Bertz CT molecular complexity index is 653. The maximum absolute atomic E-state index is 5.80. The summed E-state index contributed by atoms with van der Waals surface area (Å²) in [5.74, 6) is 6.95.